The third-order valence-electron chi connectivity index (χ3n) is 3.77. The summed E-state index contributed by atoms with van der Waals surface area (Å²) in [5.41, 5.74) is 0.828. The first-order valence-electron chi connectivity index (χ1n) is 7.15. The lowest BCUT2D eigenvalue weighted by Crippen LogP contribution is -2.36. The Bertz CT molecular complexity index is 448. The minimum absolute atomic E-state index is 0.198. The first-order chi connectivity index (χ1) is 9.65. The van der Waals surface area contributed by atoms with Crippen LogP contribution in [0.5, 0.6) is 11.5 Å². The van der Waals surface area contributed by atoms with Crippen LogP contribution in [0.1, 0.15) is 25.3 Å². The maximum absolute atomic E-state index is 10.2. The van der Waals surface area contributed by atoms with Crippen LogP contribution in [0.3, 0.4) is 0 Å². The van der Waals surface area contributed by atoms with Gasteiger partial charge in [0.2, 0.25) is 0 Å². The minimum Gasteiger partial charge on any atom is -0.504 e. The summed E-state index contributed by atoms with van der Waals surface area (Å²) in [6.45, 7) is 5.96. The highest BCUT2D eigenvalue weighted by molar-refractivity contribution is 6.30. The van der Waals surface area contributed by atoms with Crippen molar-refractivity contribution in [2.24, 2.45) is 0 Å². The SMILES string of the molecule is CCCN(Cc1cc(Cl)cc(OC)c1O)C1CCNC1. The molecule has 0 aromatic heterocycles. The van der Waals surface area contributed by atoms with E-state index in [1.54, 1.807) is 13.2 Å². The van der Waals surface area contributed by atoms with Gasteiger partial charge in [0, 0.05) is 35.8 Å². The van der Waals surface area contributed by atoms with Gasteiger partial charge < -0.3 is 15.2 Å². The quantitative estimate of drug-likeness (QED) is 0.847. The second kappa shape index (κ2) is 7.16. The number of halogens is 1. The molecule has 1 unspecified atom stereocenters. The fourth-order valence-electron chi connectivity index (χ4n) is 2.75. The number of hydrogen-bond donors (Lipinski definition) is 2. The topological polar surface area (TPSA) is 44.7 Å². The molecule has 0 saturated carbocycles. The smallest absolute Gasteiger partial charge is 0.162 e. The van der Waals surface area contributed by atoms with E-state index in [-0.39, 0.29) is 5.75 Å². The average Bonchev–Trinajstić information content (AvgIpc) is 2.95. The van der Waals surface area contributed by atoms with Crippen molar-refractivity contribution in [3.8, 4) is 11.5 Å². The Balaban J connectivity index is 2.19. The van der Waals surface area contributed by atoms with Gasteiger partial charge in [0.05, 0.1) is 7.11 Å². The predicted molar refractivity (Wildman–Crippen MR) is 81.6 cm³/mol. The van der Waals surface area contributed by atoms with Crippen LogP contribution >= 0.6 is 11.6 Å². The molecule has 4 nitrogen and oxygen atoms in total. The normalized spacial score (nSPS) is 18.7. The van der Waals surface area contributed by atoms with Crippen LogP contribution in [0, 0.1) is 0 Å². The molecule has 0 aliphatic carbocycles. The molecule has 0 spiro atoms. The number of phenolic OH excluding ortho intramolecular Hbond substituents is 1. The molecule has 1 atom stereocenters. The van der Waals surface area contributed by atoms with E-state index >= 15 is 0 Å². The van der Waals surface area contributed by atoms with Crippen LogP contribution < -0.4 is 10.1 Å². The Morgan fingerprint density at radius 3 is 2.90 bits per heavy atom. The molecule has 1 fully saturated rings. The summed E-state index contributed by atoms with van der Waals surface area (Å²) in [6, 6.07) is 3.99. The van der Waals surface area contributed by atoms with Crippen molar-refractivity contribution in [1.29, 1.82) is 0 Å². The summed E-state index contributed by atoms with van der Waals surface area (Å²) >= 11 is 6.10. The van der Waals surface area contributed by atoms with Crippen molar-refractivity contribution in [2.45, 2.75) is 32.4 Å². The Hall–Kier alpha value is -0.970. The first-order valence-corrected chi connectivity index (χ1v) is 7.53. The Morgan fingerprint density at radius 2 is 2.30 bits per heavy atom. The van der Waals surface area contributed by atoms with Crippen LogP contribution in [-0.2, 0) is 6.54 Å². The highest BCUT2D eigenvalue weighted by Gasteiger charge is 2.23. The average molecular weight is 299 g/mol. The molecule has 1 aromatic carbocycles. The molecule has 1 aromatic rings. The van der Waals surface area contributed by atoms with Gasteiger partial charge in [0.25, 0.3) is 0 Å². The molecule has 1 heterocycles. The molecule has 0 bridgehead atoms. The second-order valence-corrected chi connectivity index (χ2v) is 5.67. The number of rotatable bonds is 6. The predicted octanol–water partition coefficient (Wildman–Crippen LogP) is 2.63. The van der Waals surface area contributed by atoms with Crippen LogP contribution in [0.2, 0.25) is 5.02 Å². The van der Waals surface area contributed by atoms with Crippen molar-refractivity contribution in [2.75, 3.05) is 26.7 Å². The summed E-state index contributed by atoms with van der Waals surface area (Å²) in [6.07, 6.45) is 2.24. The number of nitrogens with one attached hydrogen (secondary N) is 1. The zero-order chi connectivity index (χ0) is 14.5. The number of hydrogen-bond acceptors (Lipinski definition) is 4. The van der Waals surface area contributed by atoms with Gasteiger partial charge in [0.1, 0.15) is 0 Å². The Morgan fingerprint density at radius 1 is 1.50 bits per heavy atom. The molecule has 0 radical (unpaired) electrons. The fourth-order valence-corrected chi connectivity index (χ4v) is 2.98. The van der Waals surface area contributed by atoms with Crippen LogP contribution in [0.4, 0.5) is 0 Å². The lowest BCUT2D eigenvalue weighted by Gasteiger charge is -2.28. The van der Waals surface area contributed by atoms with Crippen LogP contribution in [-0.4, -0.2) is 42.8 Å². The molecule has 2 N–H and O–H groups in total. The molecule has 2 rings (SSSR count). The molecule has 1 aliphatic rings. The number of aromatic hydroxyl groups is 1. The summed E-state index contributed by atoms with van der Waals surface area (Å²) in [4.78, 5) is 2.41. The van der Waals surface area contributed by atoms with Gasteiger partial charge in [-0.05, 0) is 32.0 Å². The van der Waals surface area contributed by atoms with Gasteiger partial charge in [0.15, 0.2) is 11.5 Å². The van der Waals surface area contributed by atoms with Crippen molar-refractivity contribution >= 4 is 11.6 Å². The second-order valence-electron chi connectivity index (χ2n) is 5.23. The van der Waals surface area contributed by atoms with Crippen molar-refractivity contribution < 1.29 is 9.84 Å². The molecule has 20 heavy (non-hydrogen) atoms. The summed E-state index contributed by atoms with van der Waals surface area (Å²) in [7, 11) is 1.54. The maximum Gasteiger partial charge on any atom is 0.162 e. The summed E-state index contributed by atoms with van der Waals surface area (Å²) in [5.74, 6) is 0.637. The van der Waals surface area contributed by atoms with E-state index in [9.17, 15) is 5.11 Å². The maximum atomic E-state index is 10.2. The van der Waals surface area contributed by atoms with Crippen LogP contribution in [0.25, 0.3) is 0 Å². The first kappa shape index (κ1) is 15.4. The Labute approximate surface area is 125 Å². The van der Waals surface area contributed by atoms with Gasteiger partial charge in [-0.25, -0.2) is 0 Å². The molecular weight excluding hydrogens is 276 g/mol. The van der Waals surface area contributed by atoms with Gasteiger partial charge >= 0.3 is 0 Å². The van der Waals surface area contributed by atoms with E-state index in [1.165, 1.54) is 0 Å². The van der Waals surface area contributed by atoms with E-state index in [4.69, 9.17) is 16.3 Å². The molecule has 0 amide bonds. The number of benzene rings is 1. The standard InChI is InChI=1S/C15H23ClN2O2/c1-3-6-18(13-4-5-17-9-13)10-11-7-12(16)8-14(20-2)15(11)19/h7-8,13,17,19H,3-6,9-10H2,1-2H3. The fraction of sp³-hybridized carbons (Fsp3) is 0.600. The summed E-state index contributed by atoms with van der Waals surface area (Å²) < 4.78 is 5.17. The monoisotopic (exact) mass is 298 g/mol. The zero-order valence-corrected chi connectivity index (χ0v) is 12.9. The highest BCUT2D eigenvalue weighted by atomic mass is 35.5. The lowest BCUT2D eigenvalue weighted by molar-refractivity contribution is 0.197. The molecule has 5 heteroatoms. The van der Waals surface area contributed by atoms with Gasteiger partial charge in [-0.2, -0.15) is 0 Å². The van der Waals surface area contributed by atoms with Crippen molar-refractivity contribution in [3.05, 3.63) is 22.7 Å². The molecule has 112 valence electrons. The number of methoxy groups -OCH3 is 1. The Kier molecular flexibility index (Phi) is 5.52. The van der Waals surface area contributed by atoms with E-state index in [0.717, 1.165) is 38.0 Å². The van der Waals surface area contributed by atoms with Crippen molar-refractivity contribution in [1.82, 2.24) is 10.2 Å². The van der Waals surface area contributed by atoms with Crippen LogP contribution in [0.15, 0.2) is 12.1 Å². The highest BCUT2D eigenvalue weighted by Crippen LogP contribution is 2.34. The number of phenols is 1. The molecule has 1 saturated heterocycles. The number of nitrogens with zero attached hydrogens (tertiary/aromatic N) is 1. The lowest BCUT2D eigenvalue weighted by atomic mass is 10.1. The van der Waals surface area contributed by atoms with Gasteiger partial charge in [-0.1, -0.05) is 18.5 Å². The van der Waals surface area contributed by atoms with Gasteiger partial charge in [-0.15, -0.1) is 0 Å². The summed E-state index contributed by atoms with van der Waals surface area (Å²) in [5, 5.41) is 14.2. The number of ether oxygens (including phenoxy) is 1. The molecule has 1 aliphatic heterocycles. The third kappa shape index (κ3) is 3.57. The van der Waals surface area contributed by atoms with Crippen molar-refractivity contribution in [3.63, 3.8) is 0 Å². The third-order valence-corrected chi connectivity index (χ3v) is 3.99. The van der Waals surface area contributed by atoms with Gasteiger partial charge in [-0.3, -0.25) is 4.90 Å². The zero-order valence-electron chi connectivity index (χ0n) is 12.2. The van der Waals surface area contributed by atoms with E-state index in [0.29, 0.717) is 23.4 Å². The van der Waals surface area contributed by atoms with E-state index < -0.39 is 0 Å². The molecular formula is C15H23ClN2O2. The van der Waals surface area contributed by atoms with E-state index in [2.05, 4.69) is 17.1 Å². The minimum atomic E-state index is 0.198. The van der Waals surface area contributed by atoms with E-state index in [1.807, 2.05) is 6.07 Å². The largest absolute Gasteiger partial charge is 0.504 e.